The van der Waals surface area contributed by atoms with Crippen molar-refractivity contribution in [2.24, 2.45) is 5.11 Å². The lowest BCUT2D eigenvalue weighted by Crippen LogP contribution is -2.22. The molecule has 1 heterocycles. The number of halogens is 1. The van der Waals surface area contributed by atoms with Gasteiger partial charge in [0.05, 0.1) is 17.9 Å². The molecule has 2 aromatic carbocycles. The van der Waals surface area contributed by atoms with Gasteiger partial charge in [-0.15, -0.1) is 0 Å². The fraction of sp³-hybridized carbons (Fsp3) is 0.0588. The summed E-state index contributed by atoms with van der Waals surface area (Å²) in [7, 11) is 0. The SMILES string of the molecule is N=Nc1cc(Cn2nc(-c3cccc(F)c3)ccc2=O)ccc1N. The van der Waals surface area contributed by atoms with E-state index in [1.807, 2.05) is 0 Å². The first-order valence-corrected chi connectivity index (χ1v) is 7.17. The van der Waals surface area contributed by atoms with E-state index in [0.717, 1.165) is 5.56 Å². The molecule has 0 atom stereocenters. The van der Waals surface area contributed by atoms with Gasteiger partial charge < -0.3 is 5.73 Å². The van der Waals surface area contributed by atoms with E-state index in [1.165, 1.54) is 22.9 Å². The molecule has 0 spiro atoms. The third-order valence-corrected chi connectivity index (χ3v) is 3.53. The van der Waals surface area contributed by atoms with Crippen molar-refractivity contribution in [1.29, 1.82) is 5.53 Å². The molecular formula is C17H14FN5O. The summed E-state index contributed by atoms with van der Waals surface area (Å²) in [5.74, 6) is -0.368. The van der Waals surface area contributed by atoms with Gasteiger partial charge in [0.1, 0.15) is 11.5 Å². The van der Waals surface area contributed by atoms with Gasteiger partial charge in [-0.25, -0.2) is 14.6 Å². The number of rotatable bonds is 4. The van der Waals surface area contributed by atoms with Crippen molar-refractivity contribution in [3.05, 3.63) is 76.3 Å². The van der Waals surface area contributed by atoms with Crippen LogP contribution in [0.4, 0.5) is 15.8 Å². The Morgan fingerprint density at radius 2 is 2.00 bits per heavy atom. The first kappa shape index (κ1) is 15.5. The van der Waals surface area contributed by atoms with E-state index in [4.69, 9.17) is 11.3 Å². The highest BCUT2D eigenvalue weighted by Crippen LogP contribution is 2.23. The molecule has 3 aromatic rings. The number of nitrogen functional groups attached to an aromatic ring is 1. The van der Waals surface area contributed by atoms with Crippen molar-refractivity contribution in [2.75, 3.05) is 5.73 Å². The van der Waals surface area contributed by atoms with Crippen LogP contribution < -0.4 is 11.3 Å². The molecule has 120 valence electrons. The van der Waals surface area contributed by atoms with Gasteiger partial charge in [0.25, 0.3) is 5.56 Å². The third-order valence-electron chi connectivity index (χ3n) is 3.53. The first-order valence-electron chi connectivity index (χ1n) is 7.17. The number of benzene rings is 2. The van der Waals surface area contributed by atoms with Gasteiger partial charge in [-0.1, -0.05) is 18.2 Å². The predicted molar refractivity (Wildman–Crippen MR) is 88.7 cm³/mol. The van der Waals surface area contributed by atoms with Crippen LogP contribution in [0.25, 0.3) is 11.3 Å². The van der Waals surface area contributed by atoms with E-state index < -0.39 is 0 Å². The van der Waals surface area contributed by atoms with Crippen LogP contribution in [0.3, 0.4) is 0 Å². The molecule has 3 rings (SSSR count). The maximum Gasteiger partial charge on any atom is 0.267 e. The van der Waals surface area contributed by atoms with E-state index in [-0.39, 0.29) is 17.9 Å². The highest BCUT2D eigenvalue weighted by atomic mass is 19.1. The highest BCUT2D eigenvalue weighted by molar-refractivity contribution is 5.63. The fourth-order valence-corrected chi connectivity index (χ4v) is 2.32. The van der Waals surface area contributed by atoms with Gasteiger partial charge in [0, 0.05) is 11.6 Å². The van der Waals surface area contributed by atoms with Crippen LogP contribution in [0.1, 0.15) is 5.56 Å². The monoisotopic (exact) mass is 323 g/mol. The van der Waals surface area contributed by atoms with Crippen LogP contribution in [0.2, 0.25) is 0 Å². The Labute approximate surface area is 136 Å². The Bertz CT molecular complexity index is 967. The van der Waals surface area contributed by atoms with Gasteiger partial charge in [-0.3, -0.25) is 4.79 Å². The molecule has 24 heavy (non-hydrogen) atoms. The molecule has 0 saturated carbocycles. The standard InChI is InChI=1S/C17H14FN5O/c18-13-3-1-2-12(9-13)15-6-7-17(24)23(22-15)10-11-4-5-14(19)16(8-11)21-20/h1-9,20H,10,19H2. The summed E-state index contributed by atoms with van der Waals surface area (Å²) in [5.41, 5.74) is 15.1. The van der Waals surface area contributed by atoms with E-state index in [9.17, 15) is 9.18 Å². The number of nitrogens with one attached hydrogen (secondary N) is 1. The summed E-state index contributed by atoms with van der Waals surface area (Å²) in [4.78, 5) is 12.0. The number of hydrogen-bond acceptors (Lipinski definition) is 5. The summed E-state index contributed by atoms with van der Waals surface area (Å²) in [6, 6.07) is 14.0. The number of anilines is 1. The van der Waals surface area contributed by atoms with Crippen molar-refractivity contribution in [3.8, 4) is 11.3 Å². The summed E-state index contributed by atoms with van der Waals surface area (Å²) < 4.78 is 14.6. The Balaban J connectivity index is 1.98. The minimum atomic E-state index is -0.368. The molecule has 0 fully saturated rings. The Kier molecular flexibility index (Phi) is 4.15. The zero-order valence-electron chi connectivity index (χ0n) is 12.6. The van der Waals surface area contributed by atoms with Crippen LogP contribution in [0, 0.1) is 11.3 Å². The van der Waals surface area contributed by atoms with Gasteiger partial charge in [-0.2, -0.15) is 10.2 Å². The van der Waals surface area contributed by atoms with Crippen LogP contribution >= 0.6 is 0 Å². The zero-order chi connectivity index (χ0) is 17.1. The number of nitrogens with two attached hydrogens (primary N) is 1. The van der Waals surface area contributed by atoms with Gasteiger partial charge >= 0.3 is 0 Å². The van der Waals surface area contributed by atoms with Crippen molar-refractivity contribution in [3.63, 3.8) is 0 Å². The van der Waals surface area contributed by atoms with E-state index in [0.29, 0.717) is 22.6 Å². The quantitative estimate of drug-likeness (QED) is 0.569. The van der Waals surface area contributed by atoms with Crippen molar-refractivity contribution >= 4 is 11.4 Å². The molecule has 6 nitrogen and oxygen atoms in total. The van der Waals surface area contributed by atoms with Crippen molar-refractivity contribution < 1.29 is 4.39 Å². The Morgan fingerprint density at radius 1 is 1.17 bits per heavy atom. The summed E-state index contributed by atoms with van der Waals surface area (Å²) in [6.45, 7) is 0.199. The Hall–Kier alpha value is -3.35. The molecule has 3 N–H and O–H groups in total. The molecule has 0 bridgehead atoms. The minimum absolute atomic E-state index is 0.199. The number of nitrogens with zero attached hydrogens (tertiary/aromatic N) is 3. The van der Waals surface area contributed by atoms with E-state index in [1.54, 1.807) is 36.4 Å². The second-order valence-corrected chi connectivity index (χ2v) is 5.23. The number of hydrogen-bond donors (Lipinski definition) is 2. The smallest absolute Gasteiger partial charge is 0.267 e. The predicted octanol–water partition coefficient (Wildman–Crippen LogP) is 3.34. The van der Waals surface area contributed by atoms with Gasteiger partial charge in [-0.05, 0) is 35.9 Å². The van der Waals surface area contributed by atoms with Crippen LogP contribution in [0.15, 0.2) is 64.5 Å². The molecule has 0 unspecified atom stereocenters. The molecule has 1 aromatic heterocycles. The molecule has 0 radical (unpaired) electrons. The first-order chi connectivity index (χ1) is 11.6. The average molecular weight is 323 g/mol. The van der Waals surface area contributed by atoms with Gasteiger partial charge in [0.15, 0.2) is 0 Å². The molecular weight excluding hydrogens is 309 g/mol. The second-order valence-electron chi connectivity index (χ2n) is 5.23. The fourth-order valence-electron chi connectivity index (χ4n) is 2.32. The van der Waals surface area contributed by atoms with Crippen molar-refractivity contribution in [2.45, 2.75) is 6.54 Å². The van der Waals surface area contributed by atoms with E-state index in [2.05, 4.69) is 10.2 Å². The minimum Gasteiger partial charge on any atom is -0.397 e. The third kappa shape index (κ3) is 3.19. The average Bonchev–Trinajstić information content (AvgIpc) is 2.58. The van der Waals surface area contributed by atoms with E-state index >= 15 is 0 Å². The lowest BCUT2D eigenvalue weighted by molar-refractivity contribution is 0.626. The molecule has 0 aliphatic heterocycles. The molecule has 0 saturated heterocycles. The molecule has 0 aliphatic carbocycles. The summed E-state index contributed by atoms with van der Waals surface area (Å²) >= 11 is 0. The molecule has 0 amide bonds. The molecule has 7 heteroatoms. The lowest BCUT2D eigenvalue weighted by Gasteiger charge is -2.08. The van der Waals surface area contributed by atoms with Gasteiger partial charge in [0.2, 0.25) is 0 Å². The highest BCUT2D eigenvalue weighted by Gasteiger charge is 2.07. The second kappa shape index (κ2) is 6.41. The largest absolute Gasteiger partial charge is 0.397 e. The van der Waals surface area contributed by atoms with Crippen LogP contribution in [-0.2, 0) is 6.54 Å². The lowest BCUT2D eigenvalue weighted by atomic mass is 10.1. The maximum atomic E-state index is 13.4. The topological polar surface area (TPSA) is 97.1 Å². The Morgan fingerprint density at radius 3 is 2.75 bits per heavy atom. The van der Waals surface area contributed by atoms with Crippen molar-refractivity contribution in [1.82, 2.24) is 9.78 Å². The number of aromatic nitrogens is 2. The normalized spacial score (nSPS) is 10.5. The van der Waals surface area contributed by atoms with Crippen LogP contribution in [-0.4, -0.2) is 9.78 Å². The molecule has 0 aliphatic rings. The zero-order valence-corrected chi connectivity index (χ0v) is 12.6. The maximum absolute atomic E-state index is 13.4. The summed E-state index contributed by atoms with van der Waals surface area (Å²) in [5, 5.41) is 7.63. The summed E-state index contributed by atoms with van der Waals surface area (Å²) in [6.07, 6.45) is 0. The van der Waals surface area contributed by atoms with Crippen LogP contribution in [0.5, 0.6) is 0 Å².